The SMILES string of the molecule is C[C@@H]1CCO[C@H]1N. The lowest BCUT2D eigenvalue weighted by atomic mass is 10.1. The molecule has 42 valence electrons. The van der Waals surface area contributed by atoms with Crippen LogP contribution < -0.4 is 5.73 Å². The maximum atomic E-state index is 5.46. The fourth-order valence-electron chi connectivity index (χ4n) is 0.719. The summed E-state index contributed by atoms with van der Waals surface area (Å²) in [6.07, 6.45) is 1.14. The number of hydrogen-bond acceptors (Lipinski definition) is 2. The number of hydrogen-bond donors (Lipinski definition) is 1. The maximum Gasteiger partial charge on any atom is 0.108 e. The van der Waals surface area contributed by atoms with E-state index < -0.39 is 0 Å². The summed E-state index contributed by atoms with van der Waals surface area (Å²) in [5, 5.41) is 0. The summed E-state index contributed by atoms with van der Waals surface area (Å²) in [6.45, 7) is 2.96. The molecule has 2 N–H and O–H groups in total. The van der Waals surface area contributed by atoms with Crippen molar-refractivity contribution in [2.45, 2.75) is 19.6 Å². The molecule has 0 aromatic carbocycles. The summed E-state index contributed by atoms with van der Waals surface area (Å²) in [5.74, 6) is 0.569. The molecule has 1 heterocycles. The normalized spacial score (nSPS) is 42.0. The highest BCUT2D eigenvalue weighted by Crippen LogP contribution is 2.14. The first kappa shape index (κ1) is 5.06. The molecule has 1 aliphatic heterocycles. The Kier molecular flexibility index (Phi) is 1.30. The van der Waals surface area contributed by atoms with Crippen LogP contribution in [0.2, 0.25) is 0 Å². The van der Waals surface area contributed by atoms with Gasteiger partial charge in [0.05, 0.1) is 0 Å². The largest absolute Gasteiger partial charge is 0.363 e. The highest BCUT2D eigenvalue weighted by Gasteiger charge is 2.18. The first-order valence-corrected chi connectivity index (χ1v) is 2.68. The molecule has 7 heavy (non-hydrogen) atoms. The van der Waals surface area contributed by atoms with Crippen LogP contribution in [0, 0.1) is 5.92 Å². The van der Waals surface area contributed by atoms with Gasteiger partial charge in [-0.05, 0) is 12.3 Å². The van der Waals surface area contributed by atoms with Gasteiger partial charge in [0, 0.05) is 6.61 Å². The van der Waals surface area contributed by atoms with Crippen LogP contribution in [0.5, 0.6) is 0 Å². The minimum Gasteiger partial charge on any atom is -0.363 e. The van der Waals surface area contributed by atoms with E-state index >= 15 is 0 Å². The fourth-order valence-corrected chi connectivity index (χ4v) is 0.719. The Hall–Kier alpha value is -0.0800. The zero-order valence-corrected chi connectivity index (χ0v) is 4.55. The lowest BCUT2D eigenvalue weighted by Gasteiger charge is -2.04. The van der Waals surface area contributed by atoms with E-state index in [0.717, 1.165) is 13.0 Å². The van der Waals surface area contributed by atoms with Gasteiger partial charge < -0.3 is 10.5 Å². The molecule has 2 atom stereocenters. The average Bonchev–Trinajstić information content (AvgIpc) is 1.91. The summed E-state index contributed by atoms with van der Waals surface area (Å²) in [7, 11) is 0. The zero-order valence-electron chi connectivity index (χ0n) is 4.55. The fraction of sp³-hybridized carbons (Fsp3) is 1.00. The topological polar surface area (TPSA) is 35.2 Å². The number of rotatable bonds is 0. The van der Waals surface area contributed by atoms with Gasteiger partial charge in [0.25, 0.3) is 0 Å². The van der Waals surface area contributed by atoms with Crippen molar-refractivity contribution in [3.63, 3.8) is 0 Å². The van der Waals surface area contributed by atoms with Crippen molar-refractivity contribution in [3.8, 4) is 0 Å². The Morgan fingerprint density at radius 2 is 2.43 bits per heavy atom. The van der Waals surface area contributed by atoms with Gasteiger partial charge in [0.15, 0.2) is 0 Å². The molecule has 0 unspecified atom stereocenters. The minimum absolute atomic E-state index is 0.0139. The van der Waals surface area contributed by atoms with Gasteiger partial charge in [-0.1, -0.05) is 6.92 Å². The van der Waals surface area contributed by atoms with E-state index in [2.05, 4.69) is 6.92 Å². The van der Waals surface area contributed by atoms with Gasteiger partial charge in [0.2, 0.25) is 0 Å². The van der Waals surface area contributed by atoms with Gasteiger partial charge in [-0.15, -0.1) is 0 Å². The lowest BCUT2D eigenvalue weighted by Crippen LogP contribution is -2.23. The monoisotopic (exact) mass is 101 g/mol. The van der Waals surface area contributed by atoms with E-state index in [1.165, 1.54) is 0 Å². The molecule has 1 rings (SSSR count). The van der Waals surface area contributed by atoms with Crippen LogP contribution >= 0.6 is 0 Å². The van der Waals surface area contributed by atoms with Crippen molar-refractivity contribution in [2.24, 2.45) is 11.7 Å². The molecule has 2 heteroatoms. The quantitative estimate of drug-likeness (QED) is 0.477. The summed E-state index contributed by atoms with van der Waals surface area (Å²) in [6, 6.07) is 0. The van der Waals surface area contributed by atoms with E-state index in [0.29, 0.717) is 5.92 Å². The van der Waals surface area contributed by atoms with E-state index in [1.807, 2.05) is 0 Å². The number of nitrogens with two attached hydrogens (primary N) is 1. The van der Waals surface area contributed by atoms with Crippen molar-refractivity contribution < 1.29 is 4.74 Å². The molecule has 0 saturated carbocycles. The van der Waals surface area contributed by atoms with Crippen LogP contribution in [0.1, 0.15) is 13.3 Å². The standard InChI is InChI=1S/C5H11NO/c1-4-2-3-7-5(4)6/h4-5H,2-3,6H2,1H3/t4-,5-/m1/s1. The molecule has 2 nitrogen and oxygen atoms in total. The summed E-state index contributed by atoms with van der Waals surface area (Å²) >= 11 is 0. The molecule has 0 bridgehead atoms. The lowest BCUT2D eigenvalue weighted by molar-refractivity contribution is 0.0996. The molecule has 0 spiro atoms. The van der Waals surface area contributed by atoms with Gasteiger partial charge in [-0.3, -0.25) is 0 Å². The Morgan fingerprint density at radius 3 is 2.57 bits per heavy atom. The highest BCUT2D eigenvalue weighted by atomic mass is 16.5. The highest BCUT2D eigenvalue weighted by molar-refractivity contribution is 4.65. The molecule has 1 saturated heterocycles. The minimum atomic E-state index is 0.0139. The maximum absolute atomic E-state index is 5.46. The smallest absolute Gasteiger partial charge is 0.108 e. The van der Waals surface area contributed by atoms with E-state index in [4.69, 9.17) is 10.5 Å². The van der Waals surface area contributed by atoms with Crippen molar-refractivity contribution in [1.29, 1.82) is 0 Å². The Morgan fingerprint density at radius 1 is 1.71 bits per heavy atom. The van der Waals surface area contributed by atoms with Gasteiger partial charge in [-0.2, -0.15) is 0 Å². The van der Waals surface area contributed by atoms with Crippen molar-refractivity contribution in [3.05, 3.63) is 0 Å². The zero-order chi connectivity index (χ0) is 5.28. The third kappa shape index (κ3) is 0.924. The Bertz CT molecular complexity index is 57.1. The van der Waals surface area contributed by atoms with E-state index in [-0.39, 0.29) is 6.23 Å². The van der Waals surface area contributed by atoms with Crippen LogP contribution in [0.15, 0.2) is 0 Å². The van der Waals surface area contributed by atoms with Gasteiger partial charge >= 0.3 is 0 Å². The second-order valence-electron chi connectivity index (χ2n) is 2.10. The van der Waals surface area contributed by atoms with Crippen molar-refractivity contribution in [2.75, 3.05) is 6.61 Å². The molecule has 1 aliphatic rings. The Labute approximate surface area is 43.6 Å². The summed E-state index contributed by atoms with van der Waals surface area (Å²) < 4.78 is 5.04. The predicted molar refractivity (Wildman–Crippen MR) is 27.7 cm³/mol. The molecular formula is C5H11NO. The predicted octanol–water partition coefficient (Wildman–Crippen LogP) is 0.328. The third-order valence-corrected chi connectivity index (χ3v) is 1.44. The molecule has 0 aromatic rings. The van der Waals surface area contributed by atoms with Gasteiger partial charge in [0.1, 0.15) is 6.23 Å². The second-order valence-corrected chi connectivity index (χ2v) is 2.10. The first-order valence-electron chi connectivity index (χ1n) is 2.68. The molecule has 0 aliphatic carbocycles. The molecular weight excluding hydrogens is 90.1 g/mol. The Balaban J connectivity index is 2.33. The van der Waals surface area contributed by atoms with Crippen LogP contribution in [0.25, 0.3) is 0 Å². The van der Waals surface area contributed by atoms with Crippen LogP contribution in [-0.4, -0.2) is 12.8 Å². The van der Waals surface area contributed by atoms with E-state index in [9.17, 15) is 0 Å². The van der Waals surface area contributed by atoms with Crippen LogP contribution in [0.4, 0.5) is 0 Å². The average molecular weight is 101 g/mol. The molecule has 0 radical (unpaired) electrons. The summed E-state index contributed by atoms with van der Waals surface area (Å²) in [5.41, 5.74) is 5.46. The summed E-state index contributed by atoms with van der Waals surface area (Å²) in [4.78, 5) is 0. The van der Waals surface area contributed by atoms with Crippen LogP contribution in [-0.2, 0) is 4.74 Å². The molecule has 0 aromatic heterocycles. The van der Waals surface area contributed by atoms with E-state index in [1.54, 1.807) is 0 Å². The van der Waals surface area contributed by atoms with Gasteiger partial charge in [-0.25, -0.2) is 0 Å². The van der Waals surface area contributed by atoms with Crippen molar-refractivity contribution in [1.82, 2.24) is 0 Å². The third-order valence-electron chi connectivity index (χ3n) is 1.44. The second kappa shape index (κ2) is 1.80. The number of ether oxygens (including phenoxy) is 1. The first-order chi connectivity index (χ1) is 3.30. The van der Waals surface area contributed by atoms with Crippen molar-refractivity contribution >= 4 is 0 Å². The molecule has 1 fully saturated rings. The van der Waals surface area contributed by atoms with Crippen LogP contribution in [0.3, 0.4) is 0 Å². The molecule has 0 amide bonds.